The number of aromatic amines is 1. The molecule has 0 saturated carbocycles. The van der Waals surface area contributed by atoms with Gasteiger partial charge in [0.25, 0.3) is 0 Å². The third kappa shape index (κ3) is 1.65. The van der Waals surface area contributed by atoms with Gasteiger partial charge in [-0.05, 0) is 31.2 Å². The fourth-order valence-electron chi connectivity index (χ4n) is 1.76. The minimum atomic E-state index is -0.593. The summed E-state index contributed by atoms with van der Waals surface area (Å²) in [5.74, 6) is 0.0823. The number of hydrogen-bond acceptors (Lipinski definition) is 2. The zero-order valence-electron chi connectivity index (χ0n) is 9.28. The van der Waals surface area contributed by atoms with Crippen LogP contribution in [-0.2, 0) is 4.79 Å². The molecule has 1 aliphatic rings. The number of carbonyl (C=O) groups is 2. The van der Waals surface area contributed by atoms with Crippen LogP contribution in [0.4, 0.5) is 0 Å². The van der Waals surface area contributed by atoms with E-state index in [1.165, 1.54) is 0 Å². The average molecular weight is 215 g/mol. The van der Waals surface area contributed by atoms with Gasteiger partial charge in [0.15, 0.2) is 6.29 Å². The number of aldehydes is 1. The van der Waals surface area contributed by atoms with Crippen LogP contribution in [0.1, 0.15) is 24.3 Å². The third-order valence-electron chi connectivity index (χ3n) is 2.95. The van der Waals surface area contributed by atoms with E-state index in [0.29, 0.717) is 5.69 Å². The van der Waals surface area contributed by atoms with Crippen LogP contribution < -0.4 is 10.6 Å². The van der Waals surface area contributed by atoms with E-state index in [4.69, 9.17) is 0 Å². The molecule has 1 heterocycles. The van der Waals surface area contributed by atoms with Crippen LogP contribution >= 0.6 is 0 Å². The minimum Gasteiger partial charge on any atom is -0.352 e. The lowest BCUT2D eigenvalue weighted by Gasteiger charge is -2.16. The molecule has 0 amide bonds. The van der Waals surface area contributed by atoms with E-state index in [-0.39, 0.29) is 5.78 Å². The molecule has 0 saturated heterocycles. The molecule has 3 heteroatoms. The standard InChI is InChI=1S/C13H13NO2/c1-9(16)13(2)5-3-4-12-10(7-13)6-11(8-15)14-12/h3-8,14H,1-2H3. The Morgan fingerprint density at radius 1 is 1.50 bits per heavy atom. The predicted molar refractivity (Wildman–Crippen MR) is 62.3 cm³/mol. The number of carbonyl (C=O) groups excluding carboxylic acids is 2. The molecule has 16 heavy (non-hydrogen) atoms. The molecule has 1 aromatic rings. The summed E-state index contributed by atoms with van der Waals surface area (Å²) in [6.07, 6.45) is 8.23. The SMILES string of the molecule is CC(=O)C1(C)C=CC=c2[nH]c(C=O)cc2=C1. The number of ketones is 1. The van der Waals surface area contributed by atoms with Gasteiger partial charge in [-0.25, -0.2) is 0 Å². The lowest BCUT2D eigenvalue weighted by atomic mass is 9.85. The predicted octanol–water partition coefficient (Wildman–Crippen LogP) is 0.553. The van der Waals surface area contributed by atoms with Gasteiger partial charge in [-0.2, -0.15) is 0 Å². The molecule has 3 nitrogen and oxygen atoms in total. The second kappa shape index (κ2) is 3.59. The Morgan fingerprint density at radius 3 is 2.88 bits per heavy atom. The summed E-state index contributed by atoms with van der Waals surface area (Å²) in [7, 11) is 0. The van der Waals surface area contributed by atoms with E-state index in [1.54, 1.807) is 13.0 Å². The molecule has 0 radical (unpaired) electrons. The highest BCUT2D eigenvalue weighted by Crippen LogP contribution is 2.22. The van der Waals surface area contributed by atoms with E-state index in [2.05, 4.69) is 4.98 Å². The molecule has 1 unspecified atom stereocenters. The van der Waals surface area contributed by atoms with Crippen molar-refractivity contribution in [1.82, 2.24) is 4.98 Å². The summed E-state index contributed by atoms with van der Waals surface area (Å²) in [6.45, 7) is 3.43. The summed E-state index contributed by atoms with van der Waals surface area (Å²) in [4.78, 5) is 25.2. The fourth-order valence-corrected chi connectivity index (χ4v) is 1.76. The van der Waals surface area contributed by atoms with Crippen molar-refractivity contribution in [2.45, 2.75) is 13.8 Å². The van der Waals surface area contributed by atoms with Crippen molar-refractivity contribution < 1.29 is 9.59 Å². The van der Waals surface area contributed by atoms with Crippen molar-refractivity contribution >= 4 is 24.2 Å². The fraction of sp³-hybridized carbons (Fsp3) is 0.231. The van der Waals surface area contributed by atoms with Crippen molar-refractivity contribution in [2.24, 2.45) is 5.41 Å². The summed E-state index contributed by atoms with van der Waals surface area (Å²) in [6, 6.07) is 1.76. The molecule has 0 aromatic carbocycles. The molecular formula is C13H13NO2. The summed E-state index contributed by atoms with van der Waals surface area (Å²) >= 11 is 0. The van der Waals surface area contributed by atoms with Crippen LogP contribution in [0.3, 0.4) is 0 Å². The van der Waals surface area contributed by atoms with Gasteiger partial charge in [0.2, 0.25) is 0 Å². The first kappa shape index (κ1) is 10.6. The lowest BCUT2D eigenvalue weighted by Crippen LogP contribution is -2.27. The van der Waals surface area contributed by atoms with Gasteiger partial charge in [0.05, 0.1) is 11.1 Å². The highest BCUT2D eigenvalue weighted by atomic mass is 16.1. The van der Waals surface area contributed by atoms with Crippen molar-refractivity contribution in [3.63, 3.8) is 0 Å². The van der Waals surface area contributed by atoms with Gasteiger partial charge in [-0.15, -0.1) is 0 Å². The van der Waals surface area contributed by atoms with Crippen molar-refractivity contribution in [2.75, 3.05) is 0 Å². The lowest BCUT2D eigenvalue weighted by molar-refractivity contribution is -0.121. The molecule has 2 rings (SSSR count). The number of aromatic nitrogens is 1. The molecule has 1 atom stereocenters. The molecule has 0 bridgehead atoms. The van der Waals surface area contributed by atoms with Crippen molar-refractivity contribution in [3.8, 4) is 0 Å². The Bertz CT molecular complexity index is 592. The maximum Gasteiger partial charge on any atom is 0.166 e. The number of fused-ring (bicyclic) bond motifs is 1. The molecule has 0 aliphatic heterocycles. The number of Topliss-reactive ketones (excluding diaryl/α,β-unsaturated/α-hetero) is 1. The van der Waals surface area contributed by atoms with Crippen LogP contribution in [0.5, 0.6) is 0 Å². The maximum atomic E-state index is 11.6. The van der Waals surface area contributed by atoms with Gasteiger partial charge in [0.1, 0.15) is 5.78 Å². The van der Waals surface area contributed by atoms with Crippen LogP contribution in [0.2, 0.25) is 0 Å². The number of rotatable bonds is 2. The largest absolute Gasteiger partial charge is 0.352 e. The third-order valence-corrected chi connectivity index (χ3v) is 2.95. The van der Waals surface area contributed by atoms with Crippen LogP contribution in [-0.4, -0.2) is 17.1 Å². The zero-order chi connectivity index (χ0) is 11.8. The van der Waals surface area contributed by atoms with Gasteiger partial charge >= 0.3 is 0 Å². The van der Waals surface area contributed by atoms with E-state index in [0.717, 1.165) is 16.9 Å². The number of allylic oxidation sites excluding steroid dienone is 2. The Balaban J connectivity index is 2.71. The van der Waals surface area contributed by atoms with E-state index in [1.807, 2.05) is 31.2 Å². The van der Waals surface area contributed by atoms with Crippen molar-refractivity contribution in [3.05, 3.63) is 34.5 Å². The topological polar surface area (TPSA) is 49.9 Å². The second-order valence-corrected chi connectivity index (χ2v) is 4.22. The number of nitrogens with one attached hydrogen (secondary N) is 1. The first-order valence-electron chi connectivity index (χ1n) is 5.13. The molecular weight excluding hydrogens is 202 g/mol. The highest BCUT2D eigenvalue weighted by Gasteiger charge is 2.24. The van der Waals surface area contributed by atoms with E-state index < -0.39 is 5.41 Å². The minimum absolute atomic E-state index is 0.0823. The van der Waals surface area contributed by atoms with Gasteiger partial charge in [-0.1, -0.05) is 18.2 Å². The van der Waals surface area contributed by atoms with E-state index >= 15 is 0 Å². The Morgan fingerprint density at radius 2 is 2.25 bits per heavy atom. The van der Waals surface area contributed by atoms with Crippen molar-refractivity contribution in [1.29, 1.82) is 0 Å². The first-order valence-corrected chi connectivity index (χ1v) is 5.13. The molecule has 0 fully saturated rings. The number of H-pyrrole nitrogens is 1. The molecule has 82 valence electrons. The quantitative estimate of drug-likeness (QED) is 0.732. The van der Waals surface area contributed by atoms with Gasteiger partial charge < -0.3 is 4.98 Å². The zero-order valence-corrected chi connectivity index (χ0v) is 9.28. The monoisotopic (exact) mass is 215 g/mol. The molecule has 1 N–H and O–H groups in total. The molecule has 1 aliphatic carbocycles. The molecule has 1 aromatic heterocycles. The second-order valence-electron chi connectivity index (χ2n) is 4.22. The summed E-state index contributed by atoms with van der Waals surface area (Å²) in [5, 5.41) is 1.76. The van der Waals surface area contributed by atoms with Crippen LogP contribution in [0.25, 0.3) is 12.2 Å². The Labute approximate surface area is 93.2 Å². The Hall–Kier alpha value is -1.90. The van der Waals surface area contributed by atoms with Crippen LogP contribution in [0.15, 0.2) is 18.2 Å². The van der Waals surface area contributed by atoms with Gasteiger partial charge in [-0.3, -0.25) is 9.59 Å². The molecule has 0 spiro atoms. The van der Waals surface area contributed by atoms with Crippen LogP contribution in [0, 0.1) is 5.41 Å². The van der Waals surface area contributed by atoms with E-state index in [9.17, 15) is 9.59 Å². The maximum absolute atomic E-state index is 11.6. The number of hydrogen-bond donors (Lipinski definition) is 1. The van der Waals surface area contributed by atoms with Gasteiger partial charge in [0, 0.05) is 5.35 Å². The Kier molecular flexibility index (Phi) is 2.38. The normalized spacial score (nSPS) is 22.6. The smallest absolute Gasteiger partial charge is 0.166 e. The summed E-state index contributed by atoms with van der Waals surface area (Å²) < 4.78 is 0. The first-order chi connectivity index (χ1) is 7.55. The highest BCUT2D eigenvalue weighted by molar-refractivity contribution is 5.91. The average Bonchev–Trinajstić information content (AvgIpc) is 2.53. The summed E-state index contributed by atoms with van der Waals surface area (Å²) in [5.41, 5.74) is -0.0666.